The number of amides is 1. The number of alkyl halides is 1. The van der Waals surface area contributed by atoms with Crippen molar-refractivity contribution >= 4 is 17.5 Å². The Morgan fingerprint density at radius 1 is 1.43 bits per heavy atom. The maximum Gasteiger partial charge on any atom is 0.223 e. The van der Waals surface area contributed by atoms with E-state index in [-0.39, 0.29) is 12.5 Å². The number of hydrogen-bond acceptors (Lipinski definition) is 2. The lowest BCUT2D eigenvalue weighted by Gasteiger charge is -2.31. The van der Waals surface area contributed by atoms with Crippen LogP contribution in [0, 0.1) is 5.92 Å². The van der Waals surface area contributed by atoms with Crippen molar-refractivity contribution < 1.29 is 9.90 Å². The zero-order valence-corrected chi connectivity index (χ0v) is 9.17. The molecule has 0 unspecified atom stereocenters. The van der Waals surface area contributed by atoms with Gasteiger partial charge in [0.2, 0.25) is 5.91 Å². The van der Waals surface area contributed by atoms with Gasteiger partial charge in [-0.1, -0.05) is 0 Å². The molecule has 1 aliphatic heterocycles. The third kappa shape index (κ3) is 3.46. The van der Waals surface area contributed by atoms with Crippen molar-refractivity contribution in [1.82, 2.24) is 4.90 Å². The van der Waals surface area contributed by atoms with Crippen molar-refractivity contribution in [3.8, 4) is 0 Å². The molecular formula is C10H18ClNO2. The topological polar surface area (TPSA) is 40.5 Å². The molecule has 82 valence electrons. The smallest absolute Gasteiger partial charge is 0.223 e. The second-order valence-corrected chi connectivity index (χ2v) is 4.15. The minimum Gasteiger partial charge on any atom is -0.396 e. The average molecular weight is 220 g/mol. The van der Waals surface area contributed by atoms with Gasteiger partial charge in [0.15, 0.2) is 0 Å². The van der Waals surface area contributed by atoms with Crippen molar-refractivity contribution in [2.24, 2.45) is 5.92 Å². The standard InChI is InChI=1S/C10H18ClNO2/c11-5-1-10(14)12-6-2-9(3-7-12)4-8-13/h9,13H,1-8H2. The molecule has 1 saturated heterocycles. The van der Waals surface area contributed by atoms with Gasteiger partial charge in [-0.05, 0) is 25.2 Å². The second-order valence-electron chi connectivity index (χ2n) is 3.78. The highest BCUT2D eigenvalue weighted by Crippen LogP contribution is 2.20. The number of carbonyl (C=O) groups excluding carboxylic acids is 1. The number of hydrogen-bond donors (Lipinski definition) is 1. The van der Waals surface area contributed by atoms with E-state index in [2.05, 4.69) is 0 Å². The molecule has 0 aromatic carbocycles. The Morgan fingerprint density at radius 3 is 2.57 bits per heavy atom. The van der Waals surface area contributed by atoms with Crippen molar-refractivity contribution in [2.45, 2.75) is 25.7 Å². The lowest BCUT2D eigenvalue weighted by molar-refractivity contribution is -0.132. The minimum atomic E-state index is 0.169. The number of carbonyl (C=O) groups is 1. The molecular weight excluding hydrogens is 202 g/mol. The molecule has 1 amide bonds. The van der Waals surface area contributed by atoms with Gasteiger partial charge in [0.25, 0.3) is 0 Å². The van der Waals surface area contributed by atoms with Gasteiger partial charge >= 0.3 is 0 Å². The van der Waals surface area contributed by atoms with Crippen LogP contribution in [0.5, 0.6) is 0 Å². The first-order chi connectivity index (χ1) is 6.77. The fraction of sp³-hybridized carbons (Fsp3) is 0.900. The quantitative estimate of drug-likeness (QED) is 0.723. The highest BCUT2D eigenvalue weighted by atomic mass is 35.5. The summed E-state index contributed by atoms with van der Waals surface area (Å²) in [4.78, 5) is 13.3. The summed E-state index contributed by atoms with van der Waals surface area (Å²) in [6.07, 6.45) is 3.37. The summed E-state index contributed by atoms with van der Waals surface area (Å²) in [5, 5.41) is 8.78. The Balaban J connectivity index is 2.24. The van der Waals surface area contributed by atoms with Crippen LogP contribution < -0.4 is 0 Å². The zero-order valence-electron chi connectivity index (χ0n) is 8.41. The fourth-order valence-corrected chi connectivity index (χ4v) is 2.05. The van der Waals surface area contributed by atoms with Crippen LogP contribution in [0.1, 0.15) is 25.7 Å². The number of aliphatic hydroxyl groups is 1. The molecule has 0 spiro atoms. The molecule has 0 aromatic rings. The lowest BCUT2D eigenvalue weighted by atomic mass is 9.94. The Bertz CT molecular complexity index is 179. The Morgan fingerprint density at radius 2 is 2.07 bits per heavy atom. The molecule has 3 nitrogen and oxygen atoms in total. The van der Waals surface area contributed by atoms with E-state index in [1.54, 1.807) is 0 Å². The molecule has 4 heteroatoms. The van der Waals surface area contributed by atoms with E-state index in [1.807, 2.05) is 4.90 Å². The number of rotatable bonds is 4. The van der Waals surface area contributed by atoms with Crippen LogP contribution in [0.4, 0.5) is 0 Å². The van der Waals surface area contributed by atoms with E-state index in [0.29, 0.717) is 18.2 Å². The van der Waals surface area contributed by atoms with Crippen LogP contribution in [0.3, 0.4) is 0 Å². The molecule has 0 aromatic heterocycles. The molecule has 14 heavy (non-hydrogen) atoms. The van der Waals surface area contributed by atoms with Crippen LogP contribution in [-0.2, 0) is 4.79 Å². The molecule has 0 aliphatic carbocycles. The normalized spacial score (nSPS) is 18.6. The van der Waals surface area contributed by atoms with E-state index in [9.17, 15) is 4.79 Å². The molecule has 0 atom stereocenters. The van der Waals surface area contributed by atoms with E-state index >= 15 is 0 Å². The van der Waals surface area contributed by atoms with Crippen LogP contribution in [0.15, 0.2) is 0 Å². The SMILES string of the molecule is O=C(CCCl)N1CCC(CCO)CC1. The zero-order chi connectivity index (χ0) is 10.4. The van der Waals surface area contributed by atoms with Crippen molar-refractivity contribution in [2.75, 3.05) is 25.6 Å². The van der Waals surface area contributed by atoms with Gasteiger partial charge in [0.05, 0.1) is 0 Å². The number of aliphatic hydroxyl groups excluding tert-OH is 1. The van der Waals surface area contributed by atoms with Gasteiger partial charge in [0, 0.05) is 32.0 Å². The Labute approximate surface area is 90.0 Å². The molecule has 0 saturated carbocycles. The second kappa shape index (κ2) is 6.25. The largest absolute Gasteiger partial charge is 0.396 e. The third-order valence-electron chi connectivity index (χ3n) is 2.81. The maximum absolute atomic E-state index is 11.5. The summed E-state index contributed by atoms with van der Waals surface area (Å²) < 4.78 is 0. The van der Waals surface area contributed by atoms with Gasteiger partial charge in [-0.25, -0.2) is 0 Å². The molecule has 0 bridgehead atoms. The van der Waals surface area contributed by atoms with Gasteiger partial charge in [0.1, 0.15) is 0 Å². The minimum absolute atomic E-state index is 0.169. The first-order valence-corrected chi connectivity index (χ1v) is 5.76. The summed E-state index contributed by atoms with van der Waals surface area (Å²) in [5.74, 6) is 1.18. The number of piperidine rings is 1. The van der Waals surface area contributed by atoms with E-state index in [4.69, 9.17) is 16.7 Å². The van der Waals surface area contributed by atoms with Gasteiger partial charge < -0.3 is 10.0 Å². The monoisotopic (exact) mass is 219 g/mol. The maximum atomic E-state index is 11.5. The van der Waals surface area contributed by atoms with Crippen LogP contribution >= 0.6 is 11.6 Å². The van der Waals surface area contributed by atoms with Crippen LogP contribution in [-0.4, -0.2) is 41.5 Å². The Kier molecular flexibility index (Phi) is 5.26. The van der Waals surface area contributed by atoms with Gasteiger partial charge in [-0.3, -0.25) is 4.79 Å². The van der Waals surface area contributed by atoms with Gasteiger partial charge in [-0.2, -0.15) is 0 Å². The highest BCUT2D eigenvalue weighted by Gasteiger charge is 2.21. The van der Waals surface area contributed by atoms with Crippen molar-refractivity contribution in [3.05, 3.63) is 0 Å². The molecule has 1 aliphatic rings. The van der Waals surface area contributed by atoms with E-state index in [1.165, 1.54) is 0 Å². The van der Waals surface area contributed by atoms with Crippen LogP contribution in [0.2, 0.25) is 0 Å². The fourth-order valence-electron chi connectivity index (χ4n) is 1.89. The van der Waals surface area contributed by atoms with Crippen molar-refractivity contribution in [1.29, 1.82) is 0 Å². The summed E-state index contributed by atoms with van der Waals surface area (Å²) in [7, 11) is 0. The van der Waals surface area contributed by atoms with E-state index in [0.717, 1.165) is 32.4 Å². The molecule has 1 heterocycles. The molecule has 0 radical (unpaired) electrons. The highest BCUT2D eigenvalue weighted by molar-refractivity contribution is 6.18. The number of likely N-dealkylation sites (tertiary alicyclic amines) is 1. The Hall–Kier alpha value is -0.280. The molecule has 1 fully saturated rings. The summed E-state index contributed by atoms with van der Waals surface area (Å²) in [5.41, 5.74) is 0. The molecule has 1 N–H and O–H groups in total. The first-order valence-electron chi connectivity index (χ1n) is 5.22. The van der Waals surface area contributed by atoms with Crippen molar-refractivity contribution in [3.63, 3.8) is 0 Å². The first kappa shape index (κ1) is 11.8. The predicted molar refractivity (Wildman–Crippen MR) is 56.3 cm³/mol. The third-order valence-corrected chi connectivity index (χ3v) is 3.00. The van der Waals surface area contributed by atoms with E-state index < -0.39 is 0 Å². The number of nitrogens with zero attached hydrogens (tertiary/aromatic N) is 1. The van der Waals surface area contributed by atoms with Gasteiger partial charge in [-0.15, -0.1) is 11.6 Å². The summed E-state index contributed by atoms with van der Waals surface area (Å²) >= 11 is 5.51. The predicted octanol–water partition coefficient (Wildman–Crippen LogP) is 1.24. The summed E-state index contributed by atoms with van der Waals surface area (Å²) in [6.45, 7) is 1.93. The molecule has 1 rings (SSSR count). The number of halogens is 1. The lowest BCUT2D eigenvalue weighted by Crippen LogP contribution is -2.38. The summed E-state index contributed by atoms with van der Waals surface area (Å²) in [6, 6.07) is 0. The van der Waals surface area contributed by atoms with Crippen LogP contribution in [0.25, 0.3) is 0 Å². The average Bonchev–Trinajstić information content (AvgIpc) is 2.20.